The summed E-state index contributed by atoms with van der Waals surface area (Å²) >= 11 is 1.60. The lowest BCUT2D eigenvalue weighted by molar-refractivity contribution is 0.109. The molecule has 1 aromatic carbocycles. The third-order valence-corrected chi connectivity index (χ3v) is 4.30. The molecular weight excluding hydrogens is 289 g/mol. The van der Waals surface area contributed by atoms with E-state index in [4.69, 9.17) is 4.74 Å². The molecule has 110 valence electrons. The largest absolute Gasteiger partial charge is 0.376 e. The summed E-state index contributed by atoms with van der Waals surface area (Å²) in [5, 5.41) is 3.11. The van der Waals surface area contributed by atoms with Crippen LogP contribution in [-0.4, -0.2) is 23.6 Å². The summed E-state index contributed by atoms with van der Waals surface area (Å²) in [5.74, 6) is 2.07. The highest BCUT2D eigenvalue weighted by molar-refractivity contribution is 7.98. The summed E-state index contributed by atoms with van der Waals surface area (Å²) < 4.78 is 18.3. The zero-order valence-electron chi connectivity index (χ0n) is 11.7. The molecule has 0 saturated heterocycles. The van der Waals surface area contributed by atoms with Crippen LogP contribution in [-0.2, 0) is 23.5 Å². The molecule has 0 spiro atoms. The van der Waals surface area contributed by atoms with Gasteiger partial charge in [0.1, 0.15) is 17.5 Å². The van der Waals surface area contributed by atoms with Crippen LogP contribution >= 0.6 is 11.8 Å². The number of ether oxygens (including phenoxy) is 1. The molecule has 0 fully saturated rings. The molecule has 3 rings (SSSR count). The van der Waals surface area contributed by atoms with Crippen molar-refractivity contribution in [3.05, 3.63) is 47.2 Å². The van der Waals surface area contributed by atoms with E-state index in [9.17, 15) is 4.39 Å². The van der Waals surface area contributed by atoms with E-state index in [0.29, 0.717) is 19.0 Å². The van der Waals surface area contributed by atoms with Crippen molar-refractivity contribution in [2.24, 2.45) is 0 Å². The zero-order valence-corrected chi connectivity index (χ0v) is 12.5. The maximum atomic E-state index is 12.9. The Bertz CT molecular complexity index is 616. The van der Waals surface area contributed by atoms with Crippen LogP contribution in [0.2, 0.25) is 0 Å². The maximum absolute atomic E-state index is 12.9. The first kappa shape index (κ1) is 14.3. The highest BCUT2D eigenvalue weighted by Crippen LogP contribution is 2.26. The number of hydrogen-bond acceptors (Lipinski definition) is 5. The number of aromatic nitrogens is 2. The third kappa shape index (κ3) is 3.33. The van der Waals surface area contributed by atoms with Gasteiger partial charge in [-0.1, -0.05) is 0 Å². The second kappa shape index (κ2) is 6.41. The minimum absolute atomic E-state index is 0.221. The molecule has 0 aliphatic carbocycles. The van der Waals surface area contributed by atoms with Crippen LogP contribution in [0.25, 0.3) is 0 Å². The summed E-state index contributed by atoms with van der Waals surface area (Å²) in [7, 11) is 1.86. The maximum Gasteiger partial charge on any atom is 0.141 e. The number of benzene rings is 1. The molecule has 0 saturated carbocycles. The zero-order chi connectivity index (χ0) is 14.7. The Labute approximate surface area is 127 Å². The van der Waals surface area contributed by atoms with Crippen LogP contribution in [0.5, 0.6) is 0 Å². The first-order valence-electron chi connectivity index (χ1n) is 6.79. The second-order valence-electron chi connectivity index (χ2n) is 4.71. The Morgan fingerprint density at radius 2 is 2.10 bits per heavy atom. The van der Waals surface area contributed by atoms with E-state index in [0.717, 1.165) is 34.2 Å². The van der Waals surface area contributed by atoms with Gasteiger partial charge in [0.2, 0.25) is 0 Å². The van der Waals surface area contributed by atoms with Crippen LogP contribution in [0, 0.1) is 5.82 Å². The van der Waals surface area contributed by atoms with Gasteiger partial charge in [0.25, 0.3) is 0 Å². The fourth-order valence-electron chi connectivity index (χ4n) is 2.23. The predicted molar refractivity (Wildman–Crippen MR) is 80.9 cm³/mol. The Balaban J connectivity index is 1.77. The van der Waals surface area contributed by atoms with Crippen molar-refractivity contribution < 1.29 is 9.13 Å². The molecule has 0 bridgehead atoms. The number of halogens is 1. The van der Waals surface area contributed by atoms with Crippen molar-refractivity contribution >= 4 is 17.6 Å². The first-order chi connectivity index (χ1) is 10.3. The minimum atomic E-state index is -0.221. The van der Waals surface area contributed by atoms with E-state index in [1.165, 1.54) is 12.1 Å². The van der Waals surface area contributed by atoms with Crippen LogP contribution in [0.1, 0.15) is 17.1 Å². The second-order valence-corrected chi connectivity index (χ2v) is 5.76. The summed E-state index contributed by atoms with van der Waals surface area (Å²) in [6.07, 6.45) is 0.820. The molecule has 0 atom stereocenters. The average molecular weight is 305 g/mol. The molecule has 0 radical (unpaired) electrons. The predicted octanol–water partition coefficient (Wildman–Crippen LogP) is 3.02. The van der Waals surface area contributed by atoms with E-state index in [1.807, 2.05) is 7.05 Å². The highest BCUT2D eigenvalue weighted by atomic mass is 32.2. The molecule has 2 heterocycles. The van der Waals surface area contributed by atoms with Gasteiger partial charge in [-0.2, -0.15) is 0 Å². The van der Waals surface area contributed by atoms with Gasteiger partial charge < -0.3 is 10.1 Å². The van der Waals surface area contributed by atoms with Gasteiger partial charge in [-0.3, -0.25) is 0 Å². The summed E-state index contributed by atoms with van der Waals surface area (Å²) in [6, 6.07) is 6.47. The van der Waals surface area contributed by atoms with Crippen LogP contribution < -0.4 is 5.32 Å². The monoisotopic (exact) mass is 305 g/mol. The van der Waals surface area contributed by atoms with Crippen LogP contribution in [0.3, 0.4) is 0 Å². The van der Waals surface area contributed by atoms with E-state index < -0.39 is 0 Å². The lowest BCUT2D eigenvalue weighted by Crippen LogP contribution is -2.16. The third-order valence-electron chi connectivity index (χ3n) is 3.29. The lowest BCUT2D eigenvalue weighted by Gasteiger charge is -2.19. The van der Waals surface area contributed by atoms with Gasteiger partial charge in [0, 0.05) is 23.9 Å². The van der Waals surface area contributed by atoms with E-state index >= 15 is 0 Å². The van der Waals surface area contributed by atoms with Gasteiger partial charge in [0.15, 0.2) is 0 Å². The van der Waals surface area contributed by atoms with Gasteiger partial charge in [0.05, 0.1) is 24.7 Å². The molecule has 1 N–H and O–H groups in total. The van der Waals surface area contributed by atoms with Gasteiger partial charge in [-0.15, -0.1) is 11.8 Å². The van der Waals surface area contributed by atoms with Gasteiger partial charge in [-0.25, -0.2) is 14.4 Å². The average Bonchev–Trinajstić information content (AvgIpc) is 2.53. The van der Waals surface area contributed by atoms with Gasteiger partial charge >= 0.3 is 0 Å². The molecule has 6 heteroatoms. The SMILES string of the molecule is CNc1nc(CSc2ccc(F)cc2)nc2c1COCC2. The number of fused-ring (bicyclic) bond motifs is 1. The Morgan fingerprint density at radius 3 is 2.86 bits per heavy atom. The molecule has 1 aromatic heterocycles. The van der Waals surface area contributed by atoms with E-state index in [1.54, 1.807) is 23.9 Å². The summed E-state index contributed by atoms with van der Waals surface area (Å²) in [4.78, 5) is 10.2. The fraction of sp³-hybridized carbons (Fsp3) is 0.333. The number of thioether (sulfide) groups is 1. The number of hydrogen-bond donors (Lipinski definition) is 1. The number of anilines is 1. The Hall–Kier alpha value is -1.66. The fourth-order valence-corrected chi connectivity index (χ4v) is 2.99. The molecule has 1 aliphatic heterocycles. The number of nitrogens with one attached hydrogen (secondary N) is 1. The van der Waals surface area contributed by atoms with Crippen molar-refractivity contribution in [3.8, 4) is 0 Å². The molecule has 2 aromatic rings. The minimum Gasteiger partial charge on any atom is -0.376 e. The molecule has 21 heavy (non-hydrogen) atoms. The summed E-state index contributed by atoms with van der Waals surface area (Å²) in [6.45, 7) is 1.27. The quantitative estimate of drug-likeness (QED) is 0.880. The molecule has 0 amide bonds. The Kier molecular flexibility index (Phi) is 4.36. The molecule has 4 nitrogen and oxygen atoms in total. The van der Waals surface area contributed by atoms with E-state index in [2.05, 4.69) is 15.3 Å². The molecular formula is C15H16FN3OS. The van der Waals surface area contributed by atoms with Crippen molar-refractivity contribution in [2.75, 3.05) is 19.0 Å². The Morgan fingerprint density at radius 1 is 1.29 bits per heavy atom. The molecule has 1 aliphatic rings. The van der Waals surface area contributed by atoms with Crippen molar-refractivity contribution in [1.29, 1.82) is 0 Å². The number of rotatable bonds is 4. The highest BCUT2D eigenvalue weighted by Gasteiger charge is 2.17. The topological polar surface area (TPSA) is 47.0 Å². The van der Waals surface area contributed by atoms with Gasteiger partial charge in [-0.05, 0) is 24.3 Å². The van der Waals surface area contributed by atoms with Crippen molar-refractivity contribution in [2.45, 2.75) is 23.7 Å². The number of nitrogens with zero attached hydrogens (tertiary/aromatic N) is 2. The normalized spacial score (nSPS) is 13.8. The molecule has 0 unspecified atom stereocenters. The lowest BCUT2D eigenvalue weighted by atomic mass is 10.1. The van der Waals surface area contributed by atoms with Crippen LogP contribution in [0.4, 0.5) is 10.2 Å². The smallest absolute Gasteiger partial charge is 0.141 e. The van der Waals surface area contributed by atoms with Crippen molar-refractivity contribution in [1.82, 2.24) is 9.97 Å². The van der Waals surface area contributed by atoms with Crippen molar-refractivity contribution in [3.63, 3.8) is 0 Å². The van der Waals surface area contributed by atoms with E-state index in [-0.39, 0.29) is 5.82 Å². The first-order valence-corrected chi connectivity index (χ1v) is 7.77. The summed E-state index contributed by atoms with van der Waals surface area (Å²) in [5.41, 5.74) is 2.12. The van der Waals surface area contributed by atoms with Crippen LogP contribution in [0.15, 0.2) is 29.2 Å². The standard InChI is InChI=1S/C15H16FN3OS/c1-17-15-12-8-20-7-6-13(12)18-14(19-15)9-21-11-4-2-10(16)3-5-11/h2-5H,6-9H2,1H3,(H,17,18,19).